The van der Waals surface area contributed by atoms with E-state index in [2.05, 4.69) is 20.1 Å². The van der Waals surface area contributed by atoms with Crippen molar-refractivity contribution in [1.82, 2.24) is 20.0 Å². The van der Waals surface area contributed by atoms with Gasteiger partial charge in [-0.15, -0.1) is 24.0 Å². The standard InChI is InChI=1S/C19H28N6O3.HI/c1-20-19(21-14-16-5-4-6-17(13-16)25(27)28)24-11-9-22(10-12-24)15-18(26)23-7-2-3-8-23;/h4-6,13H,2-3,7-12,14-15H2,1H3,(H,20,21);1H. The summed E-state index contributed by atoms with van der Waals surface area (Å²) in [6.45, 7) is 5.98. The molecule has 2 heterocycles. The molecule has 0 saturated carbocycles. The lowest BCUT2D eigenvalue weighted by atomic mass is 10.2. The zero-order valence-corrected chi connectivity index (χ0v) is 19.1. The van der Waals surface area contributed by atoms with E-state index in [0.29, 0.717) is 13.1 Å². The Morgan fingerprint density at radius 2 is 1.83 bits per heavy atom. The molecule has 3 rings (SSSR count). The van der Waals surface area contributed by atoms with Gasteiger partial charge in [0.05, 0.1) is 11.5 Å². The highest BCUT2D eigenvalue weighted by molar-refractivity contribution is 14.0. The van der Waals surface area contributed by atoms with Gasteiger partial charge >= 0.3 is 0 Å². The molecule has 1 aromatic carbocycles. The molecule has 0 aliphatic carbocycles. The Morgan fingerprint density at radius 1 is 1.14 bits per heavy atom. The Labute approximate surface area is 188 Å². The van der Waals surface area contributed by atoms with Gasteiger partial charge in [0.25, 0.3) is 5.69 Å². The number of benzene rings is 1. The number of nitrogens with zero attached hydrogens (tertiary/aromatic N) is 5. The fourth-order valence-corrected chi connectivity index (χ4v) is 3.67. The second-order valence-electron chi connectivity index (χ2n) is 7.18. The second kappa shape index (κ2) is 11.3. The van der Waals surface area contributed by atoms with Gasteiger partial charge in [0.2, 0.25) is 5.91 Å². The molecule has 2 fully saturated rings. The Morgan fingerprint density at radius 3 is 2.45 bits per heavy atom. The van der Waals surface area contributed by atoms with E-state index in [1.165, 1.54) is 6.07 Å². The highest BCUT2D eigenvalue weighted by Gasteiger charge is 2.24. The summed E-state index contributed by atoms with van der Waals surface area (Å²) in [5, 5.41) is 14.2. The molecule has 2 aliphatic heterocycles. The Kier molecular flexibility index (Phi) is 9.08. The summed E-state index contributed by atoms with van der Waals surface area (Å²) in [7, 11) is 1.74. The average molecular weight is 516 g/mol. The molecule has 0 atom stereocenters. The van der Waals surface area contributed by atoms with Gasteiger partial charge in [0, 0.05) is 65.0 Å². The molecule has 1 amide bonds. The number of nitrogens with one attached hydrogen (secondary N) is 1. The van der Waals surface area contributed by atoms with Crippen molar-refractivity contribution in [3.05, 3.63) is 39.9 Å². The molecule has 2 saturated heterocycles. The predicted octanol–water partition coefficient (Wildman–Crippen LogP) is 1.53. The molecule has 1 N–H and O–H groups in total. The van der Waals surface area contributed by atoms with E-state index < -0.39 is 0 Å². The molecule has 29 heavy (non-hydrogen) atoms. The number of nitro groups is 1. The van der Waals surface area contributed by atoms with E-state index in [-0.39, 0.29) is 40.5 Å². The molecule has 160 valence electrons. The lowest BCUT2D eigenvalue weighted by Gasteiger charge is -2.36. The first kappa shape index (κ1) is 23.3. The van der Waals surface area contributed by atoms with E-state index in [4.69, 9.17) is 0 Å². The van der Waals surface area contributed by atoms with Crippen LogP contribution in [0.5, 0.6) is 0 Å². The first-order chi connectivity index (χ1) is 13.6. The number of non-ortho nitro benzene ring substituents is 1. The number of likely N-dealkylation sites (tertiary alicyclic amines) is 1. The maximum atomic E-state index is 12.3. The Balaban J connectivity index is 0.00000300. The molecule has 9 nitrogen and oxygen atoms in total. The maximum Gasteiger partial charge on any atom is 0.269 e. The number of piperazine rings is 1. The Bertz CT molecular complexity index is 730. The van der Waals surface area contributed by atoms with Gasteiger partial charge in [-0.2, -0.15) is 0 Å². The number of nitro benzene ring substituents is 1. The van der Waals surface area contributed by atoms with Crippen LogP contribution in [-0.4, -0.2) is 84.4 Å². The van der Waals surface area contributed by atoms with Crippen LogP contribution in [0.4, 0.5) is 5.69 Å². The number of carbonyl (C=O) groups is 1. The SMILES string of the molecule is CN=C(NCc1cccc([N+](=O)[O-])c1)N1CCN(CC(=O)N2CCCC2)CC1.I. The minimum atomic E-state index is -0.388. The monoisotopic (exact) mass is 516 g/mol. The highest BCUT2D eigenvalue weighted by atomic mass is 127. The number of carbonyl (C=O) groups excluding carboxylic acids is 1. The third kappa shape index (κ3) is 6.53. The minimum Gasteiger partial charge on any atom is -0.352 e. The third-order valence-electron chi connectivity index (χ3n) is 5.27. The van der Waals surface area contributed by atoms with Gasteiger partial charge in [-0.05, 0) is 18.4 Å². The van der Waals surface area contributed by atoms with Crippen molar-refractivity contribution in [1.29, 1.82) is 0 Å². The second-order valence-corrected chi connectivity index (χ2v) is 7.18. The predicted molar refractivity (Wildman–Crippen MR) is 123 cm³/mol. The summed E-state index contributed by atoms with van der Waals surface area (Å²) in [6, 6.07) is 6.60. The van der Waals surface area contributed by atoms with Crippen LogP contribution in [-0.2, 0) is 11.3 Å². The molecule has 10 heteroatoms. The fraction of sp³-hybridized carbons (Fsp3) is 0.579. The van der Waals surface area contributed by atoms with Crippen LogP contribution in [0.15, 0.2) is 29.3 Å². The molecule has 0 radical (unpaired) electrons. The summed E-state index contributed by atoms with van der Waals surface area (Å²) in [5.41, 5.74) is 0.927. The van der Waals surface area contributed by atoms with Crippen molar-refractivity contribution in [2.75, 3.05) is 52.9 Å². The van der Waals surface area contributed by atoms with Gasteiger partial charge in [-0.25, -0.2) is 0 Å². The largest absolute Gasteiger partial charge is 0.352 e. The van der Waals surface area contributed by atoms with E-state index >= 15 is 0 Å². The summed E-state index contributed by atoms with van der Waals surface area (Å²) < 4.78 is 0. The van der Waals surface area contributed by atoms with Crippen molar-refractivity contribution in [3.63, 3.8) is 0 Å². The first-order valence-electron chi connectivity index (χ1n) is 9.76. The maximum absolute atomic E-state index is 12.3. The van der Waals surface area contributed by atoms with E-state index in [0.717, 1.165) is 63.6 Å². The topological polar surface area (TPSA) is 94.3 Å². The van der Waals surface area contributed by atoms with Gasteiger partial charge in [-0.3, -0.25) is 24.8 Å². The molecule has 0 spiro atoms. The lowest BCUT2D eigenvalue weighted by molar-refractivity contribution is -0.384. The number of hydrogen-bond donors (Lipinski definition) is 1. The van der Waals surface area contributed by atoms with Crippen LogP contribution in [0.3, 0.4) is 0 Å². The first-order valence-corrected chi connectivity index (χ1v) is 9.76. The van der Waals surface area contributed by atoms with Gasteiger partial charge in [0.1, 0.15) is 0 Å². The highest BCUT2D eigenvalue weighted by Crippen LogP contribution is 2.13. The van der Waals surface area contributed by atoms with Crippen LogP contribution in [0.1, 0.15) is 18.4 Å². The summed E-state index contributed by atoms with van der Waals surface area (Å²) in [6.07, 6.45) is 2.23. The number of aliphatic imine (C=N–C) groups is 1. The third-order valence-corrected chi connectivity index (χ3v) is 5.27. The van der Waals surface area contributed by atoms with Gasteiger partial charge in [0.15, 0.2) is 5.96 Å². The summed E-state index contributed by atoms with van der Waals surface area (Å²) in [4.78, 5) is 33.5. The molecule has 0 unspecified atom stereocenters. The number of hydrogen-bond acceptors (Lipinski definition) is 5. The number of halogens is 1. The molecule has 0 bridgehead atoms. The molecular weight excluding hydrogens is 487 g/mol. The number of amides is 1. The van der Waals surface area contributed by atoms with Gasteiger partial charge < -0.3 is 15.1 Å². The van der Waals surface area contributed by atoms with E-state index in [1.54, 1.807) is 19.2 Å². The van der Waals surface area contributed by atoms with Crippen LogP contribution >= 0.6 is 24.0 Å². The molecule has 0 aromatic heterocycles. The van der Waals surface area contributed by atoms with Crippen molar-refractivity contribution in [2.45, 2.75) is 19.4 Å². The summed E-state index contributed by atoms with van der Waals surface area (Å²) >= 11 is 0. The number of rotatable bonds is 5. The minimum absolute atomic E-state index is 0. The smallest absolute Gasteiger partial charge is 0.269 e. The zero-order valence-electron chi connectivity index (χ0n) is 16.7. The van der Waals surface area contributed by atoms with Crippen molar-refractivity contribution < 1.29 is 9.72 Å². The van der Waals surface area contributed by atoms with Gasteiger partial charge in [-0.1, -0.05) is 12.1 Å². The molecule has 1 aromatic rings. The van der Waals surface area contributed by atoms with Crippen LogP contribution in [0, 0.1) is 10.1 Å². The van der Waals surface area contributed by atoms with Crippen LogP contribution < -0.4 is 5.32 Å². The average Bonchev–Trinajstić information content (AvgIpc) is 3.25. The van der Waals surface area contributed by atoms with Crippen molar-refractivity contribution in [2.24, 2.45) is 4.99 Å². The lowest BCUT2D eigenvalue weighted by Crippen LogP contribution is -2.54. The quantitative estimate of drug-likeness (QED) is 0.210. The van der Waals surface area contributed by atoms with E-state index in [9.17, 15) is 14.9 Å². The fourth-order valence-electron chi connectivity index (χ4n) is 3.67. The van der Waals surface area contributed by atoms with E-state index in [1.807, 2.05) is 11.0 Å². The van der Waals surface area contributed by atoms with Crippen LogP contribution in [0.2, 0.25) is 0 Å². The molecular formula is C19H29IN6O3. The van der Waals surface area contributed by atoms with Crippen LogP contribution in [0.25, 0.3) is 0 Å². The van der Waals surface area contributed by atoms with Crippen molar-refractivity contribution in [3.8, 4) is 0 Å². The Hall–Kier alpha value is -1.95. The number of guanidine groups is 1. The normalized spacial score (nSPS) is 17.8. The summed E-state index contributed by atoms with van der Waals surface area (Å²) in [5.74, 6) is 1.01. The molecule has 2 aliphatic rings. The van der Waals surface area contributed by atoms with Crippen molar-refractivity contribution >= 4 is 41.5 Å². The zero-order chi connectivity index (χ0) is 19.9.